The van der Waals surface area contributed by atoms with Crippen LogP contribution in [0.15, 0.2) is 47.2 Å². The fraction of sp³-hybridized carbons (Fsp3) is 0.312. The lowest BCUT2D eigenvalue weighted by atomic mass is 10.1. The molecule has 104 valence electrons. The topological polar surface area (TPSA) is 34.1 Å². The van der Waals surface area contributed by atoms with Gasteiger partial charge in [-0.1, -0.05) is 24.3 Å². The third-order valence-corrected chi connectivity index (χ3v) is 3.71. The third-order valence-electron chi connectivity index (χ3n) is 3.28. The molecule has 1 aliphatic rings. The number of pyridine rings is 1. The number of rotatable bonds is 6. The molecule has 0 bridgehead atoms. The molecule has 1 N–H and O–H groups in total. The van der Waals surface area contributed by atoms with Gasteiger partial charge in [-0.05, 0) is 46.0 Å². The van der Waals surface area contributed by atoms with Crippen LogP contribution in [0.5, 0.6) is 5.75 Å². The Balaban J connectivity index is 1.52. The molecule has 3 rings (SSSR count). The lowest BCUT2D eigenvalue weighted by Crippen LogP contribution is -2.15. The van der Waals surface area contributed by atoms with Gasteiger partial charge < -0.3 is 10.1 Å². The van der Waals surface area contributed by atoms with Gasteiger partial charge in [-0.3, -0.25) is 4.98 Å². The van der Waals surface area contributed by atoms with Crippen molar-refractivity contribution < 1.29 is 4.74 Å². The van der Waals surface area contributed by atoms with Crippen LogP contribution in [0.3, 0.4) is 0 Å². The molecule has 3 nitrogen and oxygen atoms in total. The Labute approximate surface area is 127 Å². The molecule has 0 amide bonds. The van der Waals surface area contributed by atoms with Crippen molar-refractivity contribution in [2.45, 2.75) is 32.0 Å². The van der Waals surface area contributed by atoms with E-state index in [0.717, 1.165) is 22.8 Å². The molecular weight excluding hydrogens is 316 g/mol. The summed E-state index contributed by atoms with van der Waals surface area (Å²) in [6, 6.07) is 11.2. The second kappa shape index (κ2) is 6.37. The first kappa shape index (κ1) is 13.6. The van der Waals surface area contributed by atoms with E-state index in [-0.39, 0.29) is 0 Å². The molecule has 4 heteroatoms. The zero-order chi connectivity index (χ0) is 13.8. The molecular formula is C16H17BrN2O. The summed E-state index contributed by atoms with van der Waals surface area (Å²) in [7, 11) is 0. The summed E-state index contributed by atoms with van der Waals surface area (Å²) in [5.74, 6) is 0.777. The Morgan fingerprint density at radius 1 is 1.15 bits per heavy atom. The largest absolute Gasteiger partial charge is 0.487 e. The van der Waals surface area contributed by atoms with Crippen molar-refractivity contribution in [3.8, 4) is 5.75 Å². The maximum atomic E-state index is 5.71. The highest BCUT2D eigenvalue weighted by Gasteiger charge is 2.19. The van der Waals surface area contributed by atoms with Crippen molar-refractivity contribution in [3.05, 3.63) is 58.3 Å². The van der Waals surface area contributed by atoms with E-state index in [1.165, 1.54) is 24.0 Å². The minimum atomic E-state index is 0.564. The summed E-state index contributed by atoms with van der Waals surface area (Å²) in [4.78, 5) is 4.08. The first-order valence-electron chi connectivity index (χ1n) is 6.84. The molecule has 0 unspecified atom stereocenters. The quantitative estimate of drug-likeness (QED) is 0.876. The van der Waals surface area contributed by atoms with E-state index in [1.807, 2.05) is 6.07 Å². The number of hydrogen-bond acceptors (Lipinski definition) is 3. The summed E-state index contributed by atoms with van der Waals surface area (Å²) >= 11 is 3.38. The summed E-state index contributed by atoms with van der Waals surface area (Å²) in [6.45, 7) is 1.52. The van der Waals surface area contributed by atoms with Gasteiger partial charge >= 0.3 is 0 Å². The van der Waals surface area contributed by atoms with E-state index in [1.54, 1.807) is 12.4 Å². The van der Waals surface area contributed by atoms with E-state index < -0.39 is 0 Å². The second-order valence-electron chi connectivity index (χ2n) is 5.10. The normalized spacial score (nSPS) is 14.2. The summed E-state index contributed by atoms with van der Waals surface area (Å²) in [6.07, 6.45) is 6.12. The van der Waals surface area contributed by atoms with Crippen LogP contribution in [0.25, 0.3) is 0 Å². The van der Waals surface area contributed by atoms with E-state index in [2.05, 4.69) is 50.5 Å². The number of nitrogens with zero attached hydrogens (tertiary/aromatic N) is 1. The lowest BCUT2D eigenvalue weighted by molar-refractivity contribution is 0.304. The number of ether oxygens (including phenoxy) is 1. The fourth-order valence-corrected chi connectivity index (χ4v) is 2.28. The van der Waals surface area contributed by atoms with Crippen LogP contribution in [0.4, 0.5) is 0 Å². The maximum Gasteiger partial charge on any atom is 0.139 e. The van der Waals surface area contributed by atoms with Crippen molar-refractivity contribution in [2.24, 2.45) is 0 Å². The predicted octanol–water partition coefficient (Wildman–Crippen LogP) is 3.68. The molecule has 1 aromatic heterocycles. The van der Waals surface area contributed by atoms with Crippen LogP contribution in [0.2, 0.25) is 0 Å². The first-order chi connectivity index (χ1) is 9.79. The average Bonchev–Trinajstić information content (AvgIpc) is 3.28. The van der Waals surface area contributed by atoms with Crippen LogP contribution < -0.4 is 10.1 Å². The molecule has 1 fully saturated rings. The molecule has 1 saturated carbocycles. The van der Waals surface area contributed by atoms with E-state index in [0.29, 0.717) is 6.61 Å². The van der Waals surface area contributed by atoms with Gasteiger partial charge in [0, 0.05) is 23.3 Å². The number of aromatic nitrogens is 1. The molecule has 0 atom stereocenters. The van der Waals surface area contributed by atoms with Gasteiger partial charge in [0.05, 0.1) is 6.20 Å². The van der Waals surface area contributed by atoms with E-state index in [4.69, 9.17) is 4.74 Å². The molecule has 2 aromatic rings. The molecule has 0 aliphatic heterocycles. The first-order valence-corrected chi connectivity index (χ1v) is 7.63. The Bertz CT molecular complexity index is 567. The van der Waals surface area contributed by atoms with Gasteiger partial charge in [-0.2, -0.15) is 0 Å². The highest BCUT2D eigenvalue weighted by atomic mass is 79.9. The Hall–Kier alpha value is -1.39. The van der Waals surface area contributed by atoms with Gasteiger partial charge in [-0.25, -0.2) is 0 Å². The minimum Gasteiger partial charge on any atom is -0.487 e. The summed E-state index contributed by atoms with van der Waals surface area (Å²) in [5.41, 5.74) is 2.49. The average molecular weight is 333 g/mol. The standard InChI is InChI=1S/C16H17BrN2O/c17-14-7-16(10-18-9-14)20-11-13-3-1-12(2-4-13)8-19-15-5-6-15/h1-4,7,9-10,15,19H,5-6,8,11H2. The fourth-order valence-electron chi connectivity index (χ4n) is 1.94. The monoisotopic (exact) mass is 332 g/mol. The van der Waals surface area contributed by atoms with Gasteiger partial charge in [0.15, 0.2) is 0 Å². The van der Waals surface area contributed by atoms with Crippen molar-refractivity contribution in [3.63, 3.8) is 0 Å². The lowest BCUT2D eigenvalue weighted by Gasteiger charge is -2.07. The number of hydrogen-bond donors (Lipinski definition) is 1. The highest BCUT2D eigenvalue weighted by Crippen LogP contribution is 2.20. The molecule has 0 spiro atoms. The Kier molecular flexibility index (Phi) is 4.33. The molecule has 0 radical (unpaired) electrons. The molecule has 1 aliphatic carbocycles. The van der Waals surface area contributed by atoms with Crippen LogP contribution in [-0.4, -0.2) is 11.0 Å². The zero-order valence-corrected chi connectivity index (χ0v) is 12.8. The maximum absolute atomic E-state index is 5.71. The van der Waals surface area contributed by atoms with E-state index >= 15 is 0 Å². The number of nitrogens with one attached hydrogen (secondary N) is 1. The van der Waals surface area contributed by atoms with Gasteiger partial charge in [0.1, 0.15) is 12.4 Å². The van der Waals surface area contributed by atoms with Crippen molar-refractivity contribution >= 4 is 15.9 Å². The zero-order valence-electron chi connectivity index (χ0n) is 11.2. The SMILES string of the molecule is Brc1cncc(OCc2ccc(CNC3CC3)cc2)c1. The van der Waals surface area contributed by atoms with Crippen LogP contribution in [0.1, 0.15) is 24.0 Å². The summed E-state index contributed by atoms with van der Waals surface area (Å²) < 4.78 is 6.64. The molecule has 1 heterocycles. The van der Waals surface area contributed by atoms with Crippen molar-refractivity contribution in [2.75, 3.05) is 0 Å². The van der Waals surface area contributed by atoms with Gasteiger partial charge in [0.25, 0.3) is 0 Å². The minimum absolute atomic E-state index is 0.564. The smallest absolute Gasteiger partial charge is 0.139 e. The van der Waals surface area contributed by atoms with Crippen LogP contribution in [-0.2, 0) is 13.2 Å². The van der Waals surface area contributed by atoms with Crippen molar-refractivity contribution in [1.29, 1.82) is 0 Å². The van der Waals surface area contributed by atoms with Gasteiger partial charge in [0.2, 0.25) is 0 Å². The van der Waals surface area contributed by atoms with Crippen LogP contribution in [0, 0.1) is 0 Å². The molecule has 20 heavy (non-hydrogen) atoms. The third kappa shape index (κ3) is 4.05. The number of benzene rings is 1. The van der Waals surface area contributed by atoms with Crippen LogP contribution >= 0.6 is 15.9 Å². The predicted molar refractivity (Wildman–Crippen MR) is 82.6 cm³/mol. The Morgan fingerprint density at radius 3 is 2.60 bits per heavy atom. The molecule has 0 saturated heterocycles. The van der Waals surface area contributed by atoms with Crippen molar-refractivity contribution in [1.82, 2.24) is 10.3 Å². The summed E-state index contributed by atoms with van der Waals surface area (Å²) in [5, 5.41) is 3.51. The highest BCUT2D eigenvalue weighted by molar-refractivity contribution is 9.10. The van der Waals surface area contributed by atoms with E-state index in [9.17, 15) is 0 Å². The second-order valence-corrected chi connectivity index (χ2v) is 6.01. The number of halogens is 1. The Morgan fingerprint density at radius 2 is 1.90 bits per heavy atom. The molecule has 1 aromatic carbocycles. The van der Waals surface area contributed by atoms with Gasteiger partial charge in [-0.15, -0.1) is 0 Å².